The lowest BCUT2D eigenvalue weighted by atomic mass is 9.85. The Morgan fingerprint density at radius 1 is 0.304 bits per heavy atom. The predicted octanol–water partition coefficient (Wildman–Crippen LogP) is 13.0. The van der Waals surface area contributed by atoms with E-state index in [2.05, 4.69) is 36.4 Å². The minimum absolute atomic E-state index is 0.0867. The van der Waals surface area contributed by atoms with Gasteiger partial charge in [-0.2, -0.15) is 0 Å². The molecule has 0 aliphatic carbocycles. The fourth-order valence-corrected chi connectivity index (χ4v) is 6.64. The molecule has 0 bridgehead atoms. The van der Waals surface area contributed by atoms with Crippen LogP contribution < -0.4 is 0 Å². The molecule has 214 valence electrons. The minimum atomic E-state index is -0.709. The van der Waals surface area contributed by atoms with E-state index in [1.807, 2.05) is 54.6 Å². The van der Waals surface area contributed by atoms with Gasteiger partial charge in [-0.25, -0.2) is 0 Å². The van der Waals surface area contributed by atoms with Gasteiger partial charge in [-0.3, -0.25) is 0 Å². The molecule has 0 aliphatic rings. The molecule has 0 atom stereocenters. The maximum absolute atomic E-state index is 9.30. The monoisotopic (exact) mass is 595 g/mol. The Labute approximate surface area is 287 Å². The molecule has 0 fully saturated rings. The smallest absolute Gasteiger partial charge is 0.0622 e. The summed E-state index contributed by atoms with van der Waals surface area (Å²) in [4.78, 5) is 0. The molecule has 0 heteroatoms. The quantitative estimate of drug-likeness (QED) is 0.178. The van der Waals surface area contributed by atoms with E-state index >= 15 is 0 Å². The van der Waals surface area contributed by atoms with E-state index in [-0.39, 0.29) is 32.7 Å². The van der Waals surface area contributed by atoms with E-state index < -0.39 is 84.1 Å². The van der Waals surface area contributed by atoms with Gasteiger partial charge >= 0.3 is 0 Å². The second-order valence-electron chi connectivity index (χ2n) is 11.1. The van der Waals surface area contributed by atoms with E-state index in [9.17, 15) is 5.48 Å². The number of hydrogen-bond acceptors (Lipinski definition) is 0. The first-order valence-corrected chi connectivity index (χ1v) is 14.9. The highest BCUT2D eigenvalue weighted by atomic mass is 14.2. The second-order valence-corrected chi connectivity index (χ2v) is 11.1. The molecule has 0 aliphatic heterocycles. The molecular formula is C46H30. The molecular weight excluding hydrogens is 553 g/mol. The van der Waals surface area contributed by atoms with Crippen LogP contribution in [0, 0.1) is 0 Å². The fourth-order valence-electron chi connectivity index (χ4n) is 6.64. The van der Waals surface area contributed by atoms with Gasteiger partial charge in [-0.05, 0) is 93.7 Å². The van der Waals surface area contributed by atoms with E-state index in [0.717, 1.165) is 43.8 Å². The van der Waals surface area contributed by atoms with E-state index in [0.29, 0.717) is 5.56 Å². The summed E-state index contributed by atoms with van der Waals surface area (Å²) in [5.74, 6) is 0. The highest BCUT2D eigenvalue weighted by molar-refractivity contribution is 6.21. The largest absolute Gasteiger partial charge is 0.0629 e. The lowest BCUT2D eigenvalue weighted by molar-refractivity contribution is 1.62. The number of hydrogen-bond donors (Lipinski definition) is 0. The topological polar surface area (TPSA) is 0 Å². The zero-order chi connectivity index (χ0) is 41.8. The molecule has 0 amide bonds. The Balaban J connectivity index is 1.42. The maximum atomic E-state index is 9.30. The van der Waals surface area contributed by atoms with Crippen LogP contribution in [0.3, 0.4) is 0 Å². The average Bonchev–Trinajstić information content (AvgIpc) is 3.26. The lowest BCUT2D eigenvalue weighted by Gasteiger charge is -2.18. The minimum Gasteiger partial charge on any atom is -0.0622 e. The molecule has 0 aromatic heterocycles. The molecule has 0 spiro atoms. The number of rotatable bonds is 4. The Hall–Kier alpha value is -5.98. The van der Waals surface area contributed by atoms with Gasteiger partial charge in [0.1, 0.15) is 0 Å². The summed E-state index contributed by atoms with van der Waals surface area (Å²) in [6, 6.07) is 25.5. The molecule has 0 saturated heterocycles. The molecule has 9 rings (SSSR count). The molecule has 0 N–H and O–H groups in total. The van der Waals surface area contributed by atoms with Crippen molar-refractivity contribution in [1.82, 2.24) is 0 Å². The van der Waals surface area contributed by atoms with Crippen molar-refractivity contribution in [2.24, 2.45) is 0 Å². The van der Waals surface area contributed by atoms with Crippen LogP contribution in [0.2, 0.25) is 0 Å². The van der Waals surface area contributed by atoms with Crippen LogP contribution in [0.25, 0.3) is 87.6 Å². The van der Waals surface area contributed by atoms with Gasteiger partial charge < -0.3 is 0 Å². The van der Waals surface area contributed by atoms with Crippen LogP contribution in [0.1, 0.15) is 17.8 Å². The summed E-state index contributed by atoms with van der Waals surface area (Å²) in [6.45, 7) is 0. The van der Waals surface area contributed by atoms with Gasteiger partial charge in [0.2, 0.25) is 0 Å². The van der Waals surface area contributed by atoms with Crippen molar-refractivity contribution in [2.45, 2.75) is 0 Å². The number of benzene rings is 9. The fraction of sp³-hybridized carbons (Fsp3) is 0. The molecule has 0 heterocycles. The normalized spacial score (nSPS) is 15.4. The van der Waals surface area contributed by atoms with E-state index in [1.54, 1.807) is 12.1 Å². The average molecular weight is 596 g/mol. The van der Waals surface area contributed by atoms with Gasteiger partial charge in [0.05, 0.1) is 17.8 Å². The number of fused-ring (bicyclic) bond motifs is 4. The van der Waals surface area contributed by atoms with Gasteiger partial charge in [0.15, 0.2) is 0 Å². The highest BCUT2D eigenvalue weighted by Crippen LogP contribution is 2.45. The third kappa shape index (κ3) is 4.23. The van der Waals surface area contributed by atoms with Crippen molar-refractivity contribution in [1.29, 1.82) is 0 Å². The second kappa shape index (κ2) is 10.9. The highest BCUT2D eigenvalue weighted by Gasteiger charge is 2.17. The first kappa shape index (κ1) is 16.4. The molecule has 9 aromatic rings. The Kier molecular flexibility index (Phi) is 3.87. The maximum Gasteiger partial charge on any atom is 0.0629 e. The summed E-state index contributed by atoms with van der Waals surface area (Å²) in [6.07, 6.45) is 0. The van der Waals surface area contributed by atoms with Crippen LogP contribution >= 0.6 is 0 Å². The van der Waals surface area contributed by atoms with Crippen LogP contribution in [0.15, 0.2) is 182 Å². The summed E-state index contributed by atoms with van der Waals surface area (Å²) in [5.41, 5.74) is 3.39. The van der Waals surface area contributed by atoms with Gasteiger partial charge in [0, 0.05) is 0 Å². The Bertz CT molecular complexity index is 3200. The summed E-state index contributed by atoms with van der Waals surface area (Å²) in [7, 11) is 0. The Morgan fingerprint density at radius 2 is 0.761 bits per heavy atom. The molecule has 0 radical (unpaired) electrons. The van der Waals surface area contributed by atoms with Crippen LogP contribution in [0.5, 0.6) is 0 Å². The van der Waals surface area contributed by atoms with Crippen LogP contribution in [0.4, 0.5) is 0 Å². The van der Waals surface area contributed by atoms with E-state index in [1.165, 1.54) is 0 Å². The summed E-state index contributed by atoms with van der Waals surface area (Å²) >= 11 is 0. The zero-order valence-electron chi connectivity index (χ0n) is 37.3. The first-order valence-electron chi connectivity index (χ1n) is 21.4. The summed E-state index contributed by atoms with van der Waals surface area (Å²) < 4.78 is 115. The van der Waals surface area contributed by atoms with Crippen LogP contribution in [-0.4, -0.2) is 0 Å². The third-order valence-electron chi connectivity index (χ3n) is 8.59. The van der Waals surface area contributed by atoms with Gasteiger partial charge in [0.25, 0.3) is 0 Å². The molecule has 0 nitrogen and oxygen atoms in total. The van der Waals surface area contributed by atoms with Crippen molar-refractivity contribution >= 4 is 43.1 Å². The van der Waals surface area contributed by atoms with E-state index in [4.69, 9.17) is 12.3 Å². The Morgan fingerprint density at radius 3 is 1.46 bits per heavy atom. The lowest BCUT2D eigenvalue weighted by Crippen LogP contribution is -1.91. The molecule has 46 heavy (non-hydrogen) atoms. The van der Waals surface area contributed by atoms with Gasteiger partial charge in [-0.1, -0.05) is 176 Å². The third-order valence-corrected chi connectivity index (χ3v) is 8.59. The van der Waals surface area contributed by atoms with Crippen molar-refractivity contribution in [3.8, 4) is 44.5 Å². The zero-order valence-corrected chi connectivity index (χ0v) is 24.3. The van der Waals surface area contributed by atoms with Crippen molar-refractivity contribution < 1.29 is 17.8 Å². The molecule has 0 saturated carbocycles. The predicted molar refractivity (Wildman–Crippen MR) is 198 cm³/mol. The first-order chi connectivity index (χ1) is 28.2. The molecule has 9 aromatic carbocycles. The standard InChI is InChI=1S/C46H30/c1-2-15-32(16-3-1)45-41-21-6-8-23-43(41)46(44-24-9-7-22-42(44)45)34-19-10-18-33(30-34)36-25-12-28-40-38(36)27-13-29-39(40)37-26-11-17-31-14-4-5-20-35(31)37/h1-30H/i1D,2D,3D,6D,7D,8D,9D,15D,16D,21D,22D,23D,24D. The van der Waals surface area contributed by atoms with Crippen molar-refractivity contribution in [2.75, 3.05) is 0 Å². The van der Waals surface area contributed by atoms with Crippen molar-refractivity contribution in [3.05, 3.63) is 182 Å². The van der Waals surface area contributed by atoms with Gasteiger partial charge in [-0.15, -0.1) is 0 Å². The summed E-state index contributed by atoms with van der Waals surface area (Å²) in [5, 5.41) is 3.43. The molecule has 0 unspecified atom stereocenters. The SMILES string of the molecule is [2H]c1c([2H])c([2H])c(-c2c3c([2H])c([2H])c([2H])c([2H])c3c(-c3cccc(-c4cccc5c(-c6cccc7ccccc67)cccc45)c3)c3c([2H])c([2H])c([2H])c([2H])c23)c([2H])c1[2H]. The van der Waals surface area contributed by atoms with Crippen molar-refractivity contribution in [3.63, 3.8) is 0 Å². The van der Waals surface area contributed by atoms with Crippen LogP contribution in [-0.2, 0) is 0 Å².